The Kier molecular flexibility index (Phi) is 5.53. The fourth-order valence-corrected chi connectivity index (χ4v) is 4.28. The highest BCUT2D eigenvalue weighted by Crippen LogP contribution is 2.30. The number of piperidine rings is 1. The van der Waals surface area contributed by atoms with Crippen LogP contribution in [0.25, 0.3) is 0 Å². The largest absolute Gasteiger partial charge is 0.378 e. The molecular formula is C17H30N2O2. The summed E-state index contributed by atoms with van der Waals surface area (Å²) >= 11 is 0. The van der Waals surface area contributed by atoms with E-state index >= 15 is 0 Å². The summed E-state index contributed by atoms with van der Waals surface area (Å²) in [5, 5.41) is 3.43. The lowest BCUT2D eigenvalue weighted by Crippen LogP contribution is -2.44. The molecule has 120 valence electrons. The van der Waals surface area contributed by atoms with Crippen LogP contribution in [0.5, 0.6) is 0 Å². The molecule has 0 aliphatic carbocycles. The van der Waals surface area contributed by atoms with Crippen molar-refractivity contribution in [3.63, 3.8) is 0 Å². The van der Waals surface area contributed by atoms with Crippen LogP contribution in [0.3, 0.4) is 0 Å². The lowest BCUT2D eigenvalue weighted by molar-refractivity contribution is -0.134. The van der Waals surface area contributed by atoms with E-state index in [1.54, 1.807) is 0 Å². The summed E-state index contributed by atoms with van der Waals surface area (Å²) in [6.07, 6.45) is 10.4. The second kappa shape index (κ2) is 7.59. The quantitative estimate of drug-likeness (QED) is 0.865. The Bertz CT molecular complexity index is 336. The maximum absolute atomic E-state index is 12.6. The molecule has 3 aliphatic rings. The van der Waals surface area contributed by atoms with Gasteiger partial charge in [0.05, 0.1) is 6.10 Å². The minimum atomic E-state index is 0.336. The first-order valence-corrected chi connectivity index (χ1v) is 8.96. The lowest BCUT2D eigenvalue weighted by atomic mass is 9.88. The third-order valence-electron chi connectivity index (χ3n) is 5.50. The van der Waals surface area contributed by atoms with Crippen molar-refractivity contribution < 1.29 is 9.53 Å². The van der Waals surface area contributed by atoms with E-state index in [1.165, 1.54) is 38.5 Å². The van der Waals surface area contributed by atoms with Crippen molar-refractivity contribution in [1.29, 1.82) is 0 Å². The maximum atomic E-state index is 12.6. The second-order valence-corrected chi connectivity index (χ2v) is 6.91. The molecule has 0 spiro atoms. The molecule has 2 atom stereocenters. The van der Waals surface area contributed by atoms with Crippen LogP contribution < -0.4 is 5.32 Å². The van der Waals surface area contributed by atoms with Crippen LogP contribution in [0.4, 0.5) is 0 Å². The molecule has 0 bridgehead atoms. The topological polar surface area (TPSA) is 41.6 Å². The molecule has 3 aliphatic heterocycles. The fraction of sp³-hybridized carbons (Fsp3) is 0.941. The average Bonchev–Trinajstić information content (AvgIpc) is 3.04. The van der Waals surface area contributed by atoms with Gasteiger partial charge in [0.25, 0.3) is 0 Å². The van der Waals surface area contributed by atoms with Gasteiger partial charge in [-0.25, -0.2) is 0 Å². The van der Waals surface area contributed by atoms with Crippen molar-refractivity contribution in [2.24, 2.45) is 5.92 Å². The Morgan fingerprint density at radius 3 is 2.71 bits per heavy atom. The van der Waals surface area contributed by atoms with E-state index in [9.17, 15) is 4.79 Å². The molecule has 0 saturated carbocycles. The molecule has 21 heavy (non-hydrogen) atoms. The van der Waals surface area contributed by atoms with Crippen LogP contribution in [0.15, 0.2) is 0 Å². The molecule has 1 amide bonds. The smallest absolute Gasteiger partial charge is 0.222 e. The van der Waals surface area contributed by atoms with Crippen LogP contribution >= 0.6 is 0 Å². The SMILES string of the molecule is O=C(CCC1CCCCO1)N1CCCC1C1CCNCC1. The Balaban J connectivity index is 1.48. The van der Waals surface area contributed by atoms with E-state index in [0.717, 1.165) is 45.0 Å². The number of nitrogens with one attached hydrogen (secondary N) is 1. The first-order valence-electron chi connectivity index (χ1n) is 8.96. The minimum absolute atomic E-state index is 0.336. The third kappa shape index (κ3) is 3.98. The standard InChI is InChI=1S/C17H30N2O2/c20-17(7-6-15-4-1-2-13-21-15)19-12-3-5-16(19)14-8-10-18-11-9-14/h14-16,18H,1-13H2. The van der Waals surface area contributed by atoms with Gasteiger partial charge in [-0.15, -0.1) is 0 Å². The van der Waals surface area contributed by atoms with Gasteiger partial charge in [0.1, 0.15) is 0 Å². The highest BCUT2D eigenvalue weighted by atomic mass is 16.5. The van der Waals surface area contributed by atoms with Gasteiger partial charge in [0.2, 0.25) is 5.91 Å². The number of hydrogen-bond donors (Lipinski definition) is 1. The molecule has 0 aromatic heterocycles. The highest BCUT2D eigenvalue weighted by Gasteiger charge is 2.35. The number of nitrogens with zero attached hydrogens (tertiary/aromatic N) is 1. The Hall–Kier alpha value is -0.610. The summed E-state index contributed by atoms with van der Waals surface area (Å²) in [5.74, 6) is 1.11. The van der Waals surface area contributed by atoms with E-state index in [0.29, 0.717) is 24.5 Å². The number of carbonyl (C=O) groups is 1. The summed E-state index contributed by atoms with van der Waals surface area (Å²) < 4.78 is 5.76. The molecule has 2 unspecified atom stereocenters. The van der Waals surface area contributed by atoms with Crippen molar-refractivity contribution in [2.45, 2.75) is 69.9 Å². The summed E-state index contributed by atoms with van der Waals surface area (Å²) in [4.78, 5) is 14.8. The van der Waals surface area contributed by atoms with Gasteiger partial charge >= 0.3 is 0 Å². The highest BCUT2D eigenvalue weighted by molar-refractivity contribution is 5.76. The van der Waals surface area contributed by atoms with Crippen LogP contribution in [0.2, 0.25) is 0 Å². The summed E-state index contributed by atoms with van der Waals surface area (Å²) in [7, 11) is 0. The zero-order valence-electron chi connectivity index (χ0n) is 13.2. The van der Waals surface area contributed by atoms with E-state index in [4.69, 9.17) is 4.74 Å². The molecule has 0 aromatic rings. The molecule has 3 rings (SSSR count). The van der Waals surface area contributed by atoms with Crippen molar-refractivity contribution in [3.05, 3.63) is 0 Å². The van der Waals surface area contributed by atoms with E-state index < -0.39 is 0 Å². The second-order valence-electron chi connectivity index (χ2n) is 6.91. The molecule has 0 radical (unpaired) electrons. The average molecular weight is 294 g/mol. The molecular weight excluding hydrogens is 264 g/mol. The molecule has 1 N–H and O–H groups in total. The van der Waals surface area contributed by atoms with E-state index in [-0.39, 0.29) is 0 Å². The Morgan fingerprint density at radius 2 is 1.95 bits per heavy atom. The van der Waals surface area contributed by atoms with Gasteiger partial charge < -0.3 is 15.0 Å². The number of amides is 1. The summed E-state index contributed by atoms with van der Waals surface area (Å²) in [6, 6.07) is 0.520. The summed E-state index contributed by atoms with van der Waals surface area (Å²) in [6.45, 7) is 4.12. The normalized spacial score (nSPS) is 31.5. The number of ether oxygens (including phenoxy) is 1. The molecule has 0 aromatic carbocycles. The fourth-order valence-electron chi connectivity index (χ4n) is 4.28. The van der Waals surface area contributed by atoms with Gasteiger partial charge in [-0.1, -0.05) is 0 Å². The van der Waals surface area contributed by atoms with Crippen molar-refractivity contribution in [2.75, 3.05) is 26.2 Å². The van der Waals surface area contributed by atoms with Crippen LogP contribution in [0, 0.1) is 5.92 Å². The molecule has 3 saturated heterocycles. The predicted octanol–water partition coefficient (Wildman–Crippen LogP) is 2.33. The Labute approximate surface area is 128 Å². The van der Waals surface area contributed by atoms with Crippen molar-refractivity contribution >= 4 is 5.91 Å². The van der Waals surface area contributed by atoms with Gasteiger partial charge in [-0.2, -0.15) is 0 Å². The Morgan fingerprint density at radius 1 is 1.10 bits per heavy atom. The van der Waals surface area contributed by atoms with Crippen LogP contribution in [0.1, 0.15) is 57.8 Å². The van der Waals surface area contributed by atoms with E-state index in [2.05, 4.69) is 10.2 Å². The number of carbonyl (C=O) groups excluding carboxylic acids is 1. The van der Waals surface area contributed by atoms with Crippen LogP contribution in [-0.2, 0) is 9.53 Å². The molecule has 3 fully saturated rings. The number of rotatable bonds is 4. The molecule has 3 heterocycles. The maximum Gasteiger partial charge on any atom is 0.222 e. The van der Waals surface area contributed by atoms with Crippen molar-refractivity contribution in [1.82, 2.24) is 10.2 Å². The first kappa shape index (κ1) is 15.3. The lowest BCUT2D eigenvalue weighted by Gasteiger charge is -2.34. The van der Waals surface area contributed by atoms with E-state index in [1.807, 2.05) is 0 Å². The molecule has 4 heteroatoms. The predicted molar refractivity (Wildman–Crippen MR) is 83.2 cm³/mol. The van der Waals surface area contributed by atoms with Gasteiger partial charge in [0.15, 0.2) is 0 Å². The number of likely N-dealkylation sites (tertiary alicyclic amines) is 1. The monoisotopic (exact) mass is 294 g/mol. The first-order chi connectivity index (χ1) is 10.3. The van der Waals surface area contributed by atoms with Gasteiger partial charge in [-0.3, -0.25) is 4.79 Å². The number of hydrogen-bond acceptors (Lipinski definition) is 3. The van der Waals surface area contributed by atoms with Crippen LogP contribution in [-0.4, -0.2) is 49.2 Å². The summed E-state index contributed by atoms with van der Waals surface area (Å²) in [5.41, 5.74) is 0. The zero-order chi connectivity index (χ0) is 14.5. The van der Waals surface area contributed by atoms with Gasteiger partial charge in [-0.05, 0) is 70.4 Å². The van der Waals surface area contributed by atoms with Gasteiger partial charge in [0, 0.05) is 25.6 Å². The van der Waals surface area contributed by atoms with Crippen molar-refractivity contribution in [3.8, 4) is 0 Å². The minimum Gasteiger partial charge on any atom is -0.378 e. The zero-order valence-corrected chi connectivity index (χ0v) is 13.2. The molecule has 4 nitrogen and oxygen atoms in total. The third-order valence-corrected chi connectivity index (χ3v) is 5.50.